The topological polar surface area (TPSA) is 57.5 Å². The molecule has 116 valence electrons. The molecule has 4 aromatic rings. The fourth-order valence-electron chi connectivity index (χ4n) is 2.74. The SMILES string of the molecule is Oc1c(/C=N/Nc2cccc3cccnc23)ccc2ccccc12. The first-order valence-electron chi connectivity index (χ1n) is 7.66. The molecular weight excluding hydrogens is 298 g/mol. The molecule has 4 nitrogen and oxygen atoms in total. The summed E-state index contributed by atoms with van der Waals surface area (Å²) in [6, 6.07) is 21.3. The van der Waals surface area contributed by atoms with Crippen LogP contribution in [0.25, 0.3) is 21.7 Å². The van der Waals surface area contributed by atoms with E-state index in [1.165, 1.54) is 0 Å². The van der Waals surface area contributed by atoms with Crippen LogP contribution in [0.4, 0.5) is 5.69 Å². The van der Waals surface area contributed by atoms with E-state index < -0.39 is 0 Å². The standard InChI is InChI=1S/C20H15N3O/c24-20-16(11-10-14-5-1-2-8-17(14)20)13-22-23-18-9-3-6-15-7-4-12-21-19(15)18/h1-13,23-24H/b22-13+. The Morgan fingerprint density at radius 2 is 1.71 bits per heavy atom. The van der Waals surface area contributed by atoms with Crippen LogP contribution in [0.1, 0.15) is 5.56 Å². The predicted octanol–water partition coefficient (Wildman–Crippen LogP) is 4.54. The van der Waals surface area contributed by atoms with E-state index in [2.05, 4.69) is 15.5 Å². The third-order valence-corrected chi connectivity index (χ3v) is 3.95. The number of hydrogen-bond donors (Lipinski definition) is 2. The van der Waals surface area contributed by atoms with Crippen LogP contribution >= 0.6 is 0 Å². The number of hydrogen-bond acceptors (Lipinski definition) is 4. The van der Waals surface area contributed by atoms with Gasteiger partial charge in [-0.05, 0) is 23.6 Å². The van der Waals surface area contributed by atoms with Crippen molar-refractivity contribution in [2.24, 2.45) is 5.10 Å². The molecule has 4 rings (SSSR count). The first kappa shape index (κ1) is 14.2. The summed E-state index contributed by atoms with van der Waals surface area (Å²) >= 11 is 0. The highest BCUT2D eigenvalue weighted by Gasteiger charge is 2.04. The van der Waals surface area contributed by atoms with Gasteiger partial charge in [-0.3, -0.25) is 10.4 Å². The third kappa shape index (κ3) is 2.54. The summed E-state index contributed by atoms with van der Waals surface area (Å²) in [7, 11) is 0. The van der Waals surface area contributed by atoms with Crippen molar-refractivity contribution >= 4 is 33.6 Å². The van der Waals surface area contributed by atoms with Gasteiger partial charge < -0.3 is 5.11 Å². The second kappa shape index (κ2) is 6.01. The van der Waals surface area contributed by atoms with Crippen molar-refractivity contribution in [1.29, 1.82) is 0 Å². The van der Waals surface area contributed by atoms with Gasteiger partial charge >= 0.3 is 0 Å². The molecule has 4 heteroatoms. The quantitative estimate of drug-likeness (QED) is 0.431. The van der Waals surface area contributed by atoms with Gasteiger partial charge in [-0.2, -0.15) is 5.10 Å². The molecule has 2 N–H and O–H groups in total. The minimum Gasteiger partial charge on any atom is -0.507 e. The molecule has 0 amide bonds. The summed E-state index contributed by atoms with van der Waals surface area (Å²) in [5, 5.41) is 17.5. The van der Waals surface area contributed by atoms with Crippen molar-refractivity contribution in [3.05, 3.63) is 78.5 Å². The van der Waals surface area contributed by atoms with E-state index >= 15 is 0 Å². The molecule has 1 aromatic heterocycles. The Bertz CT molecular complexity index is 1050. The van der Waals surface area contributed by atoms with Crippen LogP contribution in [0.5, 0.6) is 5.75 Å². The van der Waals surface area contributed by atoms with Crippen molar-refractivity contribution in [2.45, 2.75) is 0 Å². The number of benzene rings is 3. The van der Waals surface area contributed by atoms with E-state index in [1.54, 1.807) is 12.4 Å². The second-order valence-corrected chi connectivity index (χ2v) is 5.48. The number of phenols is 1. The van der Waals surface area contributed by atoms with Crippen LogP contribution in [-0.2, 0) is 0 Å². The molecule has 0 saturated heterocycles. The maximum Gasteiger partial charge on any atom is 0.132 e. The lowest BCUT2D eigenvalue weighted by Crippen LogP contribution is -1.93. The fourth-order valence-corrected chi connectivity index (χ4v) is 2.74. The van der Waals surface area contributed by atoms with Crippen molar-refractivity contribution in [1.82, 2.24) is 4.98 Å². The third-order valence-electron chi connectivity index (χ3n) is 3.95. The summed E-state index contributed by atoms with van der Waals surface area (Å²) in [5.41, 5.74) is 5.35. The number of pyridine rings is 1. The number of aromatic hydroxyl groups is 1. The van der Waals surface area contributed by atoms with Crippen molar-refractivity contribution in [3.63, 3.8) is 0 Å². The van der Waals surface area contributed by atoms with Crippen molar-refractivity contribution < 1.29 is 5.11 Å². The number of nitrogens with one attached hydrogen (secondary N) is 1. The maximum absolute atomic E-state index is 10.4. The zero-order valence-corrected chi connectivity index (χ0v) is 12.8. The van der Waals surface area contributed by atoms with Gasteiger partial charge in [0.2, 0.25) is 0 Å². The Balaban J connectivity index is 1.65. The Morgan fingerprint density at radius 1 is 0.875 bits per heavy atom. The zero-order chi connectivity index (χ0) is 16.4. The molecule has 24 heavy (non-hydrogen) atoms. The highest BCUT2D eigenvalue weighted by Crippen LogP contribution is 2.27. The number of rotatable bonds is 3. The van der Waals surface area contributed by atoms with Gasteiger partial charge in [-0.1, -0.05) is 48.5 Å². The summed E-state index contributed by atoms with van der Waals surface area (Å²) in [6.07, 6.45) is 3.37. The Hall–Kier alpha value is -3.40. The minimum absolute atomic E-state index is 0.231. The molecule has 0 aliphatic heterocycles. The number of hydrazone groups is 1. The van der Waals surface area contributed by atoms with Crippen LogP contribution < -0.4 is 5.43 Å². The lowest BCUT2D eigenvalue weighted by atomic mass is 10.1. The predicted molar refractivity (Wildman–Crippen MR) is 98.6 cm³/mol. The van der Waals surface area contributed by atoms with Gasteiger partial charge in [0, 0.05) is 22.5 Å². The van der Waals surface area contributed by atoms with Gasteiger partial charge in [0.05, 0.1) is 17.4 Å². The largest absolute Gasteiger partial charge is 0.507 e. The van der Waals surface area contributed by atoms with E-state index in [-0.39, 0.29) is 5.75 Å². The van der Waals surface area contributed by atoms with E-state index in [1.807, 2.05) is 66.7 Å². The Morgan fingerprint density at radius 3 is 2.67 bits per heavy atom. The number of nitrogens with zero attached hydrogens (tertiary/aromatic N) is 2. The lowest BCUT2D eigenvalue weighted by molar-refractivity contribution is 0.481. The summed E-state index contributed by atoms with van der Waals surface area (Å²) in [6.45, 7) is 0. The normalized spacial score (nSPS) is 11.3. The van der Waals surface area contributed by atoms with E-state index in [9.17, 15) is 5.11 Å². The molecule has 0 saturated carbocycles. The molecule has 0 spiro atoms. The monoisotopic (exact) mass is 313 g/mol. The summed E-state index contributed by atoms with van der Waals surface area (Å²) in [5.74, 6) is 0.231. The number of anilines is 1. The molecule has 0 fully saturated rings. The fraction of sp³-hybridized carbons (Fsp3) is 0. The average molecular weight is 313 g/mol. The number of para-hydroxylation sites is 1. The average Bonchev–Trinajstić information content (AvgIpc) is 2.64. The molecule has 0 unspecified atom stereocenters. The first-order valence-corrected chi connectivity index (χ1v) is 7.66. The highest BCUT2D eigenvalue weighted by molar-refractivity contribution is 5.97. The van der Waals surface area contributed by atoms with Crippen molar-refractivity contribution in [3.8, 4) is 5.75 Å². The molecule has 3 aromatic carbocycles. The maximum atomic E-state index is 10.4. The first-order chi connectivity index (χ1) is 11.8. The zero-order valence-electron chi connectivity index (χ0n) is 12.8. The van der Waals surface area contributed by atoms with E-state index in [0.29, 0.717) is 5.56 Å². The molecule has 0 bridgehead atoms. The van der Waals surface area contributed by atoms with E-state index in [4.69, 9.17) is 0 Å². The molecule has 0 aliphatic rings. The highest BCUT2D eigenvalue weighted by atomic mass is 16.3. The van der Waals surface area contributed by atoms with Gasteiger partial charge in [0.1, 0.15) is 5.75 Å². The van der Waals surface area contributed by atoms with Gasteiger partial charge in [0.25, 0.3) is 0 Å². The smallest absolute Gasteiger partial charge is 0.132 e. The van der Waals surface area contributed by atoms with Crippen LogP contribution in [-0.4, -0.2) is 16.3 Å². The molecule has 1 heterocycles. The van der Waals surface area contributed by atoms with Gasteiger partial charge in [0.15, 0.2) is 0 Å². The second-order valence-electron chi connectivity index (χ2n) is 5.48. The molecule has 0 aliphatic carbocycles. The van der Waals surface area contributed by atoms with Gasteiger partial charge in [-0.25, -0.2) is 0 Å². The van der Waals surface area contributed by atoms with Crippen LogP contribution in [0.2, 0.25) is 0 Å². The lowest BCUT2D eigenvalue weighted by Gasteiger charge is -2.06. The van der Waals surface area contributed by atoms with Crippen LogP contribution in [0.15, 0.2) is 78.0 Å². The molecule has 0 atom stereocenters. The minimum atomic E-state index is 0.231. The molecule has 0 radical (unpaired) electrons. The van der Waals surface area contributed by atoms with Crippen LogP contribution in [0.3, 0.4) is 0 Å². The van der Waals surface area contributed by atoms with Crippen molar-refractivity contribution in [2.75, 3.05) is 5.43 Å². The van der Waals surface area contributed by atoms with Gasteiger partial charge in [-0.15, -0.1) is 0 Å². The summed E-state index contributed by atoms with van der Waals surface area (Å²) in [4.78, 5) is 4.38. The number of aromatic nitrogens is 1. The Kier molecular flexibility index (Phi) is 3.56. The van der Waals surface area contributed by atoms with Crippen LogP contribution in [0, 0.1) is 0 Å². The molecular formula is C20H15N3O. The number of fused-ring (bicyclic) bond motifs is 2. The Labute approximate surface area is 139 Å². The summed E-state index contributed by atoms with van der Waals surface area (Å²) < 4.78 is 0. The van der Waals surface area contributed by atoms with E-state index in [0.717, 1.165) is 27.4 Å². The number of phenolic OH excluding ortho intramolecular Hbond substituents is 1.